The van der Waals surface area contributed by atoms with Gasteiger partial charge in [-0.15, -0.1) is 22.0 Å². The normalized spacial score (nSPS) is 22.7. The SMILES string of the molecule is CO[C@@]1(NC(=O)CS(=O)c2ccccc2)C(=O)N2C(C(=O)O)=C(CSc3nnc(C)s3)CS[C@H]21. The summed E-state index contributed by atoms with van der Waals surface area (Å²) in [6.07, 6.45) is 0. The lowest BCUT2D eigenvalue weighted by Crippen LogP contribution is -2.80. The van der Waals surface area contributed by atoms with Crippen LogP contribution in [0.3, 0.4) is 0 Å². The van der Waals surface area contributed by atoms with Crippen LogP contribution < -0.4 is 5.32 Å². The number of aromatic nitrogens is 2. The Morgan fingerprint density at radius 2 is 2.09 bits per heavy atom. The number of carbonyl (C=O) groups excluding carboxylic acids is 2. The molecule has 1 unspecified atom stereocenters. The van der Waals surface area contributed by atoms with Gasteiger partial charge in [-0.3, -0.25) is 18.7 Å². The van der Waals surface area contributed by atoms with Crippen LogP contribution in [0.2, 0.25) is 0 Å². The van der Waals surface area contributed by atoms with Gasteiger partial charge >= 0.3 is 5.97 Å². The zero-order valence-electron chi connectivity index (χ0n) is 18.0. The van der Waals surface area contributed by atoms with Crippen LogP contribution in [0.1, 0.15) is 5.01 Å². The van der Waals surface area contributed by atoms with E-state index < -0.39 is 39.7 Å². The number of benzene rings is 1. The van der Waals surface area contributed by atoms with Gasteiger partial charge in [0.25, 0.3) is 11.6 Å². The van der Waals surface area contributed by atoms with Gasteiger partial charge in [-0.25, -0.2) is 4.79 Å². The summed E-state index contributed by atoms with van der Waals surface area (Å²) in [6.45, 7) is 1.83. The fourth-order valence-electron chi connectivity index (χ4n) is 3.56. The van der Waals surface area contributed by atoms with Crippen molar-refractivity contribution in [3.63, 3.8) is 0 Å². The van der Waals surface area contributed by atoms with Crippen molar-refractivity contribution in [1.82, 2.24) is 20.4 Å². The van der Waals surface area contributed by atoms with Crippen molar-refractivity contribution in [2.75, 3.05) is 24.4 Å². The maximum atomic E-state index is 13.2. The van der Waals surface area contributed by atoms with Gasteiger partial charge in [-0.05, 0) is 24.6 Å². The molecule has 0 bridgehead atoms. The van der Waals surface area contributed by atoms with Crippen LogP contribution in [0.15, 0.2) is 50.8 Å². The lowest BCUT2D eigenvalue weighted by molar-refractivity contribution is -0.192. The molecular weight excluding hydrogens is 521 g/mol. The summed E-state index contributed by atoms with van der Waals surface area (Å²) in [6, 6.07) is 8.51. The molecule has 0 aliphatic carbocycles. The lowest BCUT2D eigenvalue weighted by atomic mass is 9.98. The molecule has 1 aromatic carbocycles. The first-order chi connectivity index (χ1) is 16.3. The molecule has 2 N–H and O–H groups in total. The summed E-state index contributed by atoms with van der Waals surface area (Å²) in [7, 11) is -0.329. The van der Waals surface area contributed by atoms with Crippen LogP contribution >= 0.6 is 34.9 Å². The Labute approximate surface area is 210 Å². The summed E-state index contributed by atoms with van der Waals surface area (Å²) < 4.78 is 18.6. The number of thioether (sulfide) groups is 2. The van der Waals surface area contributed by atoms with Gasteiger partial charge in [0.15, 0.2) is 4.34 Å². The molecule has 4 rings (SSSR count). The molecule has 1 fully saturated rings. The Hall–Kier alpha value is -2.26. The Morgan fingerprint density at radius 1 is 1.35 bits per heavy atom. The fourth-order valence-corrected chi connectivity index (χ4v) is 7.89. The number of hydrogen-bond donors (Lipinski definition) is 2. The number of carbonyl (C=O) groups is 3. The summed E-state index contributed by atoms with van der Waals surface area (Å²) in [5.41, 5.74) is -1.27. The standard InChI is InChI=1S/C20H20N4O6S4/c1-11-22-23-19(33-11)32-9-12-8-31-18-20(30-2,17(28)24(18)15(12)16(26)27)21-14(25)10-34(29)13-6-4-3-5-7-13/h3-7,18H,8-10H2,1-2H3,(H,21,25)(H,26,27)/t18-,20-,34?/m0/s1. The second-order valence-corrected chi connectivity index (χ2v) is 12.2. The van der Waals surface area contributed by atoms with Crippen molar-refractivity contribution in [2.45, 2.75) is 27.3 Å². The number of hydrogen-bond acceptors (Lipinski definition) is 10. The number of nitrogens with one attached hydrogen (secondary N) is 1. The second kappa shape index (κ2) is 10.2. The maximum absolute atomic E-state index is 13.2. The first-order valence-electron chi connectivity index (χ1n) is 9.90. The molecule has 0 radical (unpaired) electrons. The molecule has 14 heteroatoms. The zero-order chi connectivity index (χ0) is 24.5. The third-order valence-electron chi connectivity index (χ3n) is 5.11. The number of fused-ring (bicyclic) bond motifs is 1. The number of β-lactam (4-membered cyclic amide) rings is 1. The van der Waals surface area contributed by atoms with E-state index in [0.717, 1.165) is 9.91 Å². The molecule has 2 aliphatic rings. The molecule has 0 saturated carbocycles. The van der Waals surface area contributed by atoms with E-state index in [1.165, 1.54) is 42.0 Å². The number of rotatable bonds is 9. The monoisotopic (exact) mass is 540 g/mol. The third kappa shape index (κ3) is 4.64. The van der Waals surface area contributed by atoms with E-state index in [1.54, 1.807) is 30.3 Å². The molecule has 0 spiro atoms. The first kappa shape index (κ1) is 24.9. The molecule has 2 aromatic rings. The highest BCUT2D eigenvalue weighted by atomic mass is 32.2. The second-order valence-electron chi connectivity index (χ2n) is 7.26. The van der Waals surface area contributed by atoms with Gasteiger partial charge in [0.2, 0.25) is 5.91 Å². The minimum Gasteiger partial charge on any atom is -0.477 e. The molecule has 2 amide bonds. The van der Waals surface area contributed by atoms with Gasteiger partial charge in [-0.2, -0.15) is 0 Å². The molecular formula is C20H20N4O6S4. The van der Waals surface area contributed by atoms with Gasteiger partial charge < -0.3 is 15.2 Å². The zero-order valence-corrected chi connectivity index (χ0v) is 21.3. The average Bonchev–Trinajstić information content (AvgIpc) is 3.25. The highest BCUT2D eigenvalue weighted by Gasteiger charge is 2.66. The predicted octanol–water partition coefficient (Wildman–Crippen LogP) is 1.46. The van der Waals surface area contributed by atoms with E-state index in [1.807, 2.05) is 6.92 Å². The van der Waals surface area contributed by atoms with E-state index in [0.29, 0.717) is 26.3 Å². The third-order valence-corrected chi connectivity index (χ3v) is 9.86. The first-order valence-corrected chi connectivity index (χ1v) is 14.1. The van der Waals surface area contributed by atoms with E-state index in [9.17, 15) is 23.7 Å². The van der Waals surface area contributed by atoms with E-state index >= 15 is 0 Å². The highest BCUT2D eigenvalue weighted by Crippen LogP contribution is 2.47. The number of carboxylic acids is 1. The van der Waals surface area contributed by atoms with E-state index in [2.05, 4.69) is 15.5 Å². The lowest BCUT2D eigenvalue weighted by Gasteiger charge is -2.55. The topological polar surface area (TPSA) is 139 Å². The number of ether oxygens (including phenoxy) is 1. The molecule has 2 aliphatic heterocycles. The molecule has 10 nitrogen and oxygen atoms in total. The van der Waals surface area contributed by atoms with Gasteiger partial charge in [0.1, 0.15) is 21.8 Å². The number of aryl methyl sites for hydroxylation is 1. The summed E-state index contributed by atoms with van der Waals surface area (Å²) >= 11 is 4.06. The summed E-state index contributed by atoms with van der Waals surface area (Å²) in [4.78, 5) is 39.5. The van der Waals surface area contributed by atoms with Crippen LogP contribution in [0.5, 0.6) is 0 Å². The summed E-state index contributed by atoms with van der Waals surface area (Å²) in [5, 5.41) is 20.4. The van der Waals surface area contributed by atoms with Gasteiger partial charge in [-0.1, -0.05) is 41.3 Å². The number of nitrogens with zero attached hydrogens (tertiary/aromatic N) is 3. The van der Waals surface area contributed by atoms with Crippen molar-refractivity contribution in [3.8, 4) is 0 Å². The maximum Gasteiger partial charge on any atom is 0.352 e. The average molecular weight is 541 g/mol. The largest absolute Gasteiger partial charge is 0.477 e. The number of methoxy groups -OCH3 is 1. The Balaban J connectivity index is 1.49. The summed E-state index contributed by atoms with van der Waals surface area (Å²) in [5.74, 6) is -2.24. The molecule has 1 saturated heterocycles. The predicted molar refractivity (Wildman–Crippen MR) is 129 cm³/mol. The minimum atomic E-state index is -1.72. The van der Waals surface area contributed by atoms with E-state index in [-0.39, 0.29) is 11.4 Å². The van der Waals surface area contributed by atoms with Crippen molar-refractivity contribution >= 4 is 63.4 Å². The van der Waals surface area contributed by atoms with Crippen LogP contribution in [-0.2, 0) is 29.9 Å². The Kier molecular flexibility index (Phi) is 7.42. The smallest absolute Gasteiger partial charge is 0.352 e. The van der Waals surface area contributed by atoms with Crippen LogP contribution in [-0.4, -0.2) is 77.7 Å². The van der Waals surface area contributed by atoms with Gasteiger partial charge in [0.05, 0.1) is 10.8 Å². The van der Waals surface area contributed by atoms with Crippen molar-refractivity contribution in [3.05, 3.63) is 46.6 Å². The van der Waals surface area contributed by atoms with Crippen molar-refractivity contribution in [1.29, 1.82) is 0 Å². The number of amides is 2. The van der Waals surface area contributed by atoms with Gasteiger partial charge in [0, 0.05) is 23.5 Å². The highest BCUT2D eigenvalue weighted by molar-refractivity contribution is 8.01. The van der Waals surface area contributed by atoms with E-state index in [4.69, 9.17) is 4.74 Å². The Morgan fingerprint density at radius 3 is 2.71 bits per heavy atom. The van der Waals surface area contributed by atoms with Crippen molar-refractivity contribution in [2.24, 2.45) is 0 Å². The molecule has 180 valence electrons. The minimum absolute atomic E-state index is 0.114. The molecule has 3 heterocycles. The van der Waals surface area contributed by atoms with Crippen LogP contribution in [0.25, 0.3) is 0 Å². The Bertz CT molecular complexity index is 1190. The molecule has 1 aromatic heterocycles. The fraction of sp³-hybridized carbons (Fsp3) is 0.350. The van der Waals surface area contributed by atoms with Crippen LogP contribution in [0, 0.1) is 6.92 Å². The number of aliphatic carboxylic acids is 1. The molecule has 34 heavy (non-hydrogen) atoms. The van der Waals surface area contributed by atoms with Crippen molar-refractivity contribution < 1.29 is 28.4 Å². The molecule has 3 atom stereocenters. The van der Waals surface area contributed by atoms with Crippen LogP contribution in [0.4, 0.5) is 0 Å². The quantitative estimate of drug-likeness (QED) is 0.273. The number of carboxylic acid groups (broad SMARTS) is 1.